The normalized spacial score (nSPS) is 22.9. The standard InChI is InChI=1S/C26H47N3O8S/c1-4-35-23(30)17-18-26(2,3)20-36-38(33,34)37-29-21-14-12-10-8-6-5-7-9-11-13-19-28(25(29)32)22(16-15-21)24(27)31/h21-22H,4-20H2,1-3H3,(H2,27,31)/t21-,22+/m1/s1. The first-order valence-electron chi connectivity index (χ1n) is 14.1. The van der Waals surface area contributed by atoms with E-state index < -0.39 is 39.8 Å². The molecule has 0 spiro atoms. The third-order valence-electron chi connectivity index (χ3n) is 7.26. The molecule has 2 atom stereocenters. The van der Waals surface area contributed by atoms with Gasteiger partial charge in [0, 0.05) is 13.0 Å². The lowest BCUT2D eigenvalue weighted by Crippen LogP contribution is -2.52. The molecule has 2 saturated heterocycles. The molecule has 12 heteroatoms. The van der Waals surface area contributed by atoms with Crippen molar-refractivity contribution in [3.63, 3.8) is 0 Å². The molecule has 2 bridgehead atoms. The Kier molecular flexibility index (Phi) is 13.3. The Bertz CT molecular complexity index is 880. The molecule has 2 N–H and O–H groups in total. The van der Waals surface area contributed by atoms with Gasteiger partial charge in [-0.3, -0.25) is 9.59 Å². The topological polar surface area (TPSA) is 146 Å². The maximum atomic E-state index is 13.6. The third-order valence-corrected chi connectivity index (χ3v) is 8.01. The highest BCUT2D eigenvalue weighted by atomic mass is 32.3. The summed E-state index contributed by atoms with van der Waals surface area (Å²) in [5.41, 5.74) is 5.00. The molecule has 38 heavy (non-hydrogen) atoms. The van der Waals surface area contributed by atoms with Crippen LogP contribution in [0, 0.1) is 5.41 Å². The van der Waals surface area contributed by atoms with Gasteiger partial charge in [0.05, 0.1) is 19.3 Å². The van der Waals surface area contributed by atoms with Gasteiger partial charge in [-0.2, -0.15) is 13.5 Å². The number of hydrogen-bond donors (Lipinski definition) is 1. The summed E-state index contributed by atoms with van der Waals surface area (Å²) in [7, 11) is -4.61. The summed E-state index contributed by atoms with van der Waals surface area (Å²) < 4.78 is 41.3. The fourth-order valence-corrected chi connectivity index (χ4v) is 5.83. The van der Waals surface area contributed by atoms with Gasteiger partial charge in [-0.15, -0.1) is 4.28 Å². The molecule has 0 radical (unpaired) electrons. The van der Waals surface area contributed by atoms with E-state index in [4.69, 9.17) is 18.9 Å². The Morgan fingerprint density at radius 2 is 1.58 bits per heavy atom. The monoisotopic (exact) mass is 561 g/mol. The van der Waals surface area contributed by atoms with Gasteiger partial charge in [-0.1, -0.05) is 65.2 Å². The Balaban J connectivity index is 2.18. The lowest BCUT2D eigenvalue weighted by molar-refractivity contribution is -0.143. The van der Waals surface area contributed by atoms with Gasteiger partial charge >= 0.3 is 22.4 Å². The van der Waals surface area contributed by atoms with Crippen molar-refractivity contribution in [1.29, 1.82) is 0 Å². The number of rotatable bonds is 10. The second kappa shape index (κ2) is 15.6. The lowest BCUT2D eigenvalue weighted by atomic mass is 9.89. The smallest absolute Gasteiger partial charge is 0.421 e. The molecule has 2 aliphatic rings. The Morgan fingerprint density at radius 3 is 2.18 bits per heavy atom. The summed E-state index contributed by atoms with van der Waals surface area (Å²) >= 11 is 0. The molecule has 2 heterocycles. The molecule has 2 aliphatic heterocycles. The number of esters is 1. The van der Waals surface area contributed by atoms with Crippen LogP contribution in [-0.2, 0) is 33.2 Å². The van der Waals surface area contributed by atoms with Gasteiger partial charge in [0.2, 0.25) is 5.91 Å². The van der Waals surface area contributed by atoms with E-state index in [0.29, 0.717) is 38.6 Å². The fourth-order valence-electron chi connectivity index (χ4n) is 4.94. The van der Waals surface area contributed by atoms with Crippen LogP contribution in [0.4, 0.5) is 4.79 Å². The SMILES string of the molecule is CCOC(=O)CCC(C)(C)COS(=O)(=O)ON1C(=O)N2CCCCCCCCCCC[C@@H]1CC[C@H]2C(N)=O. The van der Waals surface area contributed by atoms with Crippen molar-refractivity contribution in [3.05, 3.63) is 0 Å². The van der Waals surface area contributed by atoms with Crippen molar-refractivity contribution in [2.75, 3.05) is 19.8 Å². The van der Waals surface area contributed by atoms with E-state index >= 15 is 0 Å². The Labute approximate surface area is 228 Å². The third kappa shape index (κ3) is 11.1. The number of primary amides is 1. The molecule has 0 unspecified atom stereocenters. The number of carbonyl (C=O) groups excluding carboxylic acids is 3. The molecule has 0 aliphatic carbocycles. The van der Waals surface area contributed by atoms with E-state index in [0.717, 1.165) is 50.0 Å². The summed E-state index contributed by atoms with van der Waals surface area (Å²) in [6.07, 6.45) is 10.7. The van der Waals surface area contributed by atoms with E-state index in [1.165, 1.54) is 11.3 Å². The summed E-state index contributed by atoms with van der Waals surface area (Å²) in [5, 5.41) is 0.892. The van der Waals surface area contributed by atoms with Crippen molar-refractivity contribution in [3.8, 4) is 0 Å². The van der Waals surface area contributed by atoms with Gasteiger partial charge in [0.15, 0.2) is 0 Å². The summed E-state index contributed by atoms with van der Waals surface area (Å²) in [4.78, 5) is 39.0. The number of hydrogen-bond acceptors (Lipinski definition) is 8. The maximum absolute atomic E-state index is 13.6. The van der Waals surface area contributed by atoms with Crippen molar-refractivity contribution < 1.29 is 36.0 Å². The largest absolute Gasteiger partial charge is 0.466 e. The van der Waals surface area contributed by atoms with Crippen LogP contribution in [0.15, 0.2) is 0 Å². The van der Waals surface area contributed by atoms with Crippen LogP contribution >= 0.6 is 0 Å². The van der Waals surface area contributed by atoms with Crippen molar-refractivity contribution in [1.82, 2.24) is 9.96 Å². The van der Waals surface area contributed by atoms with Gasteiger partial charge in [-0.05, 0) is 44.4 Å². The van der Waals surface area contributed by atoms with Crippen LogP contribution in [0.3, 0.4) is 0 Å². The second-order valence-electron chi connectivity index (χ2n) is 11.1. The van der Waals surface area contributed by atoms with E-state index in [-0.39, 0.29) is 25.6 Å². The van der Waals surface area contributed by atoms with Crippen LogP contribution in [0.25, 0.3) is 0 Å². The number of urea groups is 1. The molecule has 0 aromatic heterocycles. The predicted octanol–water partition coefficient (Wildman–Crippen LogP) is 4.20. The highest BCUT2D eigenvalue weighted by Crippen LogP contribution is 2.29. The molecule has 3 amide bonds. The highest BCUT2D eigenvalue weighted by Gasteiger charge is 2.41. The number of fused-ring (bicyclic) bond motifs is 3. The molecular formula is C26H47N3O8S. The van der Waals surface area contributed by atoms with Gasteiger partial charge in [0.25, 0.3) is 0 Å². The average molecular weight is 562 g/mol. The molecule has 11 nitrogen and oxygen atoms in total. The zero-order chi connectivity index (χ0) is 28.2. The van der Waals surface area contributed by atoms with Gasteiger partial charge in [-0.25, -0.2) is 8.98 Å². The van der Waals surface area contributed by atoms with Gasteiger partial charge in [0.1, 0.15) is 6.04 Å². The minimum absolute atomic E-state index is 0.126. The quantitative estimate of drug-likeness (QED) is 0.391. The maximum Gasteiger partial charge on any atom is 0.421 e. The predicted molar refractivity (Wildman–Crippen MR) is 142 cm³/mol. The minimum atomic E-state index is -4.61. The zero-order valence-corrected chi connectivity index (χ0v) is 24.1. The molecule has 2 rings (SSSR count). The average Bonchev–Trinajstić information content (AvgIpc) is 2.97. The number of nitrogens with two attached hydrogens (primary N) is 1. The molecule has 0 aromatic carbocycles. The first-order chi connectivity index (χ1) is 18.0. The van der Waals surface area contributed by atoms with Crippen LogP contribution in [-0.4, -0.2) is 68.1 Å². The minimum Gasteiger partial charge on any atom is -0.466 e. The van der Waals surface area contributed by atoms with Gasteiger partial charge < -0.3 is 15.4 Å². The lowest BCUT2D eigenvalue weighted by Gasteiger charge is -2.32. The number of amides is 3. The number of nitrogens with zero attached hydrogens (tertiary/aromatic N) is 2. The second-order valence-corrected chi connectivity index (χ2v) is 12.3. The van der Waals surface area contributed by atoms with Crippen LogP contribution in [0.5, 0.6) is 0 Å². The van der Waals surface area contributed by atoms with E-state index in [1.54, 1.807) is 20.8 Å². The van der Waals surface area contributed by atoms with Crippen molar-refractivity contribution in [2.24, 2.45) is 11.1 Å². The zero-order valence-electron chi connectivity index (χ0n) is 23.3. The molecule has 0 aromatic rings. The van der Waals surface area contributed by atoms with Crippen LogP contribution in [0.1, 0.15) is 111 Å². The summed E-state index contributed by atoms with van der Waals surface area (Å²) in [6.45, 7) is 5.59. The van der Waals surface area contributed by atoms with E-state index in [1.807, 2.05) is 0 Å². The molecule has 0 saturated carbocycles. The number of hydroxylamine groups is 2. The first-order valence-corrected chi connectivity index (χ1v) is 15.4. The van der Waals surface area contributed by atoms with Crippen LogP contribution in [0.2, 0.25) is 0 Å². The van der Waals surface area contributed by atoms with E-state index in [2.05, 4.69) is 0 Å². The Morgan fingerprint density at radius 1 is 0.974 bits per heavy atom. The summed E-state index contributed by atoms with van der Waals surface area (Å²) in [6, 6.07) is -2.04. The number of ether oxygens (including phenoxy) is 1. The van der Waals surface area contributed by atoms with E-state index in [9.17, 15) is 22.8 Å². The first kappa shape index (κ1) is 32.3. The van der Waals surface area contributed by atoms with Crippen molar-refractivity contribution >= 4 is 28.3 Å². The molecule has 220 valence electrons. The highest BCUT2D eigenvalue weighted by molar-refractivity contribution is 7.81. The summed E-state index contributed by atoms with van der Waals surface area (Å²) in [5.74, 6) is -0.973. The molecular weight excluding hydrogens is 514 g/mol. The fraction of sp³-hybridized carbons (Fsp3) is 0.885. The van der Waals surface area contributed by atoms with Crippen molar-refractivity contribution in [2.45, 2.75) is 123 Å². The van der Waals surface area contributed by atoms with Crippen LogP contribution < -0.4 is 5.73 Å². The number of carbonyl (C=O) groups is 3. The molecule has 2 fully saturated rings. The Hall–Kier alpha value is -1.92.